The molecule has 0 unspecified atom stereocenters. The standard InChI is InChI=1S/C12H16N2O2/c1-14(13)11(15)12(7-8-12)9-5-3-4-6-10(9)16-2/h3-6H,7-8,13H2,1-2H3. The molecule has 2 N–H and O–H groups in total. The lowest BCUT2D eigenvalue weighted by molar-refractivity contribution is -0.132. The van der Waals surface area contributed by atoms with Crippen molar-refractivity contribution in [1.29, 1.82) is 0 Å². The van der Waals surface area contributed by atoms with Crippen LogP contribution < -0.4 is 10.6 Å². The van der Waals surface area contributed by atoms with Crippen molar-refractivity contribution in [1.82, 2.24) is 5.01 Å². The van der Waals surface area contributed by atoms with E-state index in [1.54, 1.807) is 14.2 Å². The summed E-state index contributed by atoms with van der Waals surface area (Å²) in [5.74, 6) is 6.25. The van der Waals surface area contributed by atoms with Gasteiger partial charge in [0.15, 0.2) is 0 Å². The molecule has 1 aromatic rings. The van der Waals surface area contributed by atoms with Gasteiger partial charge in [-0.05, 0) is 18.9 Å². The van der Waals surface area contributed by atoms with Gasteiger partial charge in [0.25, 0.3) is 0 Å². The number of carbonyl (C=O) groups is 1. The molecule has 4 nitrogen and oxygen atoms in total. The van der Waals surface area contributed by atoms with E-state index in [0.29, 0.717) is 0 Å². The maximum atomic E-state index is 12.0. The number of nitrogens with two attached hydrogens (primary N) is 1. The Labute approximate surface area is 95.0 Å². The number of hydrogen-bond acceptors (Lipinski definition) is 3. The van der Waals surface area contributed by atoms with E-state index >= 15 is 0 Å². The summed E-state index contributed by atoms with van der Waals surface area (Å²) >= 11 is 0. The van der Waals surface area contributed by atoms with E-state index in [1.807, 2.05) is 24.3 Å². The van der Waals surface area contributed by atoms with Gasteiger partial charge in [-0.2, -0.15) is 0 Å². The lowest BCUT2D eigenvalue weighted by Gasteiger charge is -2.21. The number of hydrazine groups is 1. The van der Waals surface area contributed by atoms with E-state index in [2.05, 4.69) is 0 Å². The van der Waals surface area contributed by atoms with Crippen molar-refractivity contribution in [3.8, 4) is 5.75 Å². The van der Waals surface area contributed by atoms with Crippen LogP contribution in [0.3, 0.4) is 0 Å². The molecule has 0 aromatic heterocycles. The molecule has 0 saturated heterocycles. The summed E-state index contributed by atoms with van der Waals surface area (Å²) in [6, 6.07) is 7.63. The Morgan fingerprint density at radius 1 is 1.44 bits per heavy atom. The first-order valence-corrected chi connectivity index (χ1v) is 5.28. The Kier molecular flexibility index (Phi) is 2.59. The molecular weight excluding hydrogens is 204 g/mol. The molecule has 1 fully saturated rings. The third kappa shape index (κ3) is 1.55. The number of ether oxygens (including phenoxy) is 1. The van der Waals surface area contributed by atoms with E-state index < -0.39 is 5.41 Å². The summed E-state index contributed by atoms with van der Waals surface area (Å²) < 4.78 is 5.29. The molecular formula is C12H16N2O2. The summed E-state index contributed by atoms with van der Waals surface area (Å²) in [5.41, 5.74) is 0.496. The molecule has 0 radical (unpaired) electrons. The van der Waals surface area contributed by atoms with Gasteiger partial charge in [-0.1, -0.05) is 18.2 Å². The van der Waals surface area contributed by atoms with Gasteiger partial charge in [0.2, 0.25) is 5.91 Å². The van der Waals surface area contributed by atoms with E-state index in [-0.39, 0.29) is 5.91 Å². The molecule has 0 bridgehead atoms. The van der Waals surface area contributed by atoms with Gasteiger partial charge in [-0.15, -0.1) is 0 Å². The molecule has 1 amide bonds. The second-order valence-electron chi connectivity index (χ2n) is 4.20. The topological polar surface area (TPSA) is 55.6 Å². The lowest BCUT2D eigenvalue weighted by atomic mass is 9.94. The number of rotatable bonds is 3. The monoisotopic (exact) mass is 220 g/mol. The van der Waals surface area contributed by atoms with Gasteiger partial charge in [0.05, 0.1) is 12.5 Å². The van der Waals surface area contributed by atoms with Crippen LogP contribution in [0, 0.1) is 0 Å². The average Bonchev–Trinajstić information content (AvgIpc) is 3.09. The van der Waals surface area contributed by atoms with Crippen LogP contribution in [0.15, 0.2) is 24.3 Å². The minimum Gasteiger partial charge on any atom is -0.496 e. The van der Waals surface area contributed by atoms with Crippen LogP contribution in [-0.2, 0) is 10.2 Å². The van der Waals surface area contributed by atoms with E-state index in [4.69, 9.17) is 10.6 Å². The van der Waals surface area contributed by atoms with Gasteiger partial charge in [-0.3, -0.25) is 9.80 Å². The average molecular weight is 220 g/mol. The highest BCUT2D eigenvalue weighted by molar-refractivity contribution is 5.91. The molecule has 4 heteroatoms. The van der Waals surface area contributed by atoms with Crippen LogP contribution in [0.1, 0.15) is 18.4 Å². The zero-order valence-corrected chi connectivity index (χ0v) is 9.56. The van der Waals surface area contributed by atoms with Crippen molar-refractivity contribution in [2.24, 2.45) is 5.84 Å². The summed E-state index contributed by atoms with van der Waals surface area (Å²) in [7, 11) is 3.20. The Balaban J connectivity index is 2.40. The number of nitrogens with zero attached hydrogens (tertiary/aromatic N) is 1. The first-order valence-electron chi connectivity index (χ1n) is 5.28. The fourth-order valence-electron chi connectivity index (χ4n) is 2.10. The van der Waals surface area contributed by atoms with E-state index in [9.17, 15) is 4.79 Å². The maximum absolute atomic E-state index is 12.0. The molecule has 1 aliphatic rings. The first kappa shape index (κ1) is 11.0. The van der Waals surface area contributed by atoms with Gasteiger partial charge in [0, 0.05) is 12.6 Å². The molecule has 0 spiro atoms. The molecule has 0 atom stereocenters. The lowest BCUT2D eigenvalue weighted by Crippen LogP contribution is -2.41. The van der Waals surface area contributed by atoms with Crippen molar-refractivity contribution in [3.63, 3.8) is 0 Å². The molecule has 1 saturated carbocycles. The van der Waals surface area contributed by atoms with Crippen molar-refractivity contribution >= 4 is 5.91 Å². The second-order valence-corrected chi connectivity index (χ2v) is 4.20. The Bertz CT molecular complexity index is 411. The molecule has 1 aliphatic carbocycles. The summed E-state index contributed by atoms with van der Waals surface area (Å²) in [5, 5.41) is 1.17. The fraction of sp³-hybridized carbons (Fsp3) is 0.417. The predicted molar refractivity (Wildman–Crippen MR) is 60.9 cm³/mol. The number of carbonyl (C=O) groups excluding carboxylic acids is 1. The third-order valence-electron chi connectivity index (χ3n) is 3.10. The zero-order valence-electron chi connectivity index (χ0n) is 9.56. The number of methoxy groups -OCH3 is 1. The van der Waals surface area contributed by atoms with Crippen LogP contribution in [0.2, 0.25) is 0 Å². The zero-order chi connectivity index (χ0) is 11.8. The van der Waals surface area contributed by atoms with Crippen molar-refractivity contribution in [3.05, 3.63) is 29.8 Å². The van der Waals surface area contributed by atoms with Crippen LogP contribution >= 0.6 is 0 Å². The molecule has 1 aromatic carbocycles. The minimum absolute atomic E-state index is 0.0444. The van der Waals surface area contributed by atoms with E-state index in [0.717, 1.165) is 24.2 Å². The smallest absolute Gasteiger partial charge is 0.246 e. The van der Waals surface area contributed by atoms with Crippen LogP contribution in [0.4, 0.5) is 0 Å². The number of benzene rings is 1. The first-order chi connectivity index (χ1) is 7.62. The highest BCUT2D eigenvalue weighted by Gasteiger charge is 2.53. The Morgan fingerprint density at radius 2 is 2.06 bits per heavy atom. The van der Waals surface area contributed by atoms with Gasteiger partial charge >= 0.3 is 0 Å². The molecule has 86 valence electrons. The Morgan fingerprint density at radius 3 is 2.56 bits per heavy atom. The Hall–Kier alpha value is -1.55. The number of hydrogen-bond donors (Lipinski definition) is 1. The van der Waals surface area contributed by atoms with Crippen LogP contribution in [0.5, 0.6) is 5.75 Å². The number of para-hydroxylation sites is 1. The highest BCUT2D eigenvalue weighted by atomic mass is 16.5. The third-order valence-corrected chi connectivity index (χ3v) is 3.10. The normalized spacial score (nSPS) is 16.7. The fourth-order valence-corrected chi connectivity index (χ4v) is 2.10. The predicted octanol–water partition coefficient (Wildman–Crippen LogP) is 1.06. The maximum Gasteiger partial charge on any atom is 0.246 e. The highest BCUT2D eigenvalue weighted by Crippen LogP contribution is 2.52. The molecule has 2 rings (SSSR count). The number of amides is 1. The quantitative estimate of drug-likeness (QED) is 0.471. The van der Waals surface area contributed by atoms with Crippen LogP contribution in [-0.4, -0.2) is 25.1 Å². The van der Waals surface area contributed by atoms with Gasteiger partial charge < -0.3 is 4.74 Å². The summed E-state index contributed by atoms with van der Waals surface area (Å²) in [6.45, 7) is 0. The minimum atomic E-state index is -0.448. The summed E-state index contributed by atoms with van der Waals surface area (Å²) in [6.07, 6.45) is 1.68. The van der Waals surface area contributed by atoms with Crippen molar-refractivity contribution in [2.45, 2.75) is 18.3 Å². The van der Waals surface area contributed by atoms with Crippen molar-refractivity contribution in [2.75, 3.05) is 14.2 Å². The summed E-state index contributed by atoms with van der Waals surface area (Å²) in [4.78, 5) is 12.0. The van der Waals surface area contributed by atoms with Crippen LogP contribution in [0.25, 0.3) is 0 Å². The molecule has 16 heavy (non-hydrogen) atoms. The number of likely N-dealkylation sites (N-methyl/N-ethyl adjacent to an activating group) is 1. The van der Waals surface area contributed by atoms with Gasteiger partial charge in [0.1, 0.15) is 5.75 Å². The molecule has 0 heterocycles. The molecule has 0 aliphatic heterocycles. The SMILES string of the molecule is COc1ccccc1C1(C(=O)N(C)N)CC1. The van der Waals surface area contributed by atoms with Crippen molar-refractivity contribution < 1.29 is 9.53 Å². The van der Waals surface area contributed by atoms with E-state index in [1.165, 1.54) is 5.01 Å². The second kappa shape index (κ2) is 3.79. The largest absolute Gasteiger partial charge is 0.496 e. The van der Waals surface area contributed by atoms with Gasteiger partial charge in [-0.25, -0.2) is 5.84 Å².